The van der Waals surface area contributed by atoms with E-state index in [0.29, 0.717) is 40.1 Å². The third-order valence-corrected chi connectivity index (χ3v) is 5.27. The van der Waals surface area contributed by atoms with E-state index in [4.69, 9.17) is 13.9 Å². The fourth-order valence-electron chi connectivity index (χ4n) is 3.64. The van der Waals surface area contributed by atoms with E-state index in [2.05, 4.69) is 15.0 Å². The molecule has 1 saturated heterocycles. The lowest BCUT2D eigenvalue weighted by Crippen LogP contribution is -2.38. The van der Waals surface area contributed by atoms with E-state index in [0.717, 1.165) is 38.4 Å². The van der Waals surface area contributed by atoms with Crippen molar-refractivity contribution >= 4 is 16.5 Å². The Morgan fingerprint density at radius 2 is 2.03 bits per heavy atom. The summed E-state index contributed by atoms with van der Waals surface area (Å²) in [6.45, 7) is 4.83. The van der Waals surface area contributed by atoms with Gasteiger partial charge in [0.25, 0.3) is 0 Å². The number of hydrogen-bond acceptors (Lipinski definition) is 7. The minimum absolute atomic E-state index is 0.420. The van der Waals surface area contributed by atoms with Gasteiger partial charge in [0.05, 0.1) is 19.5 Å². The van der Waals surface area contributed by atoms with E-state index >= 15 is 0 Å². The van der Waals surface area contributed by atoms with Gasteiger partial charge in [-0.1, -0.05) is 5.16 Å². The number of fused-ring (bicyclic) bond motifs is 2. The molecule has 8 nitrogen and oxygen atoms in total. The molecule has 0 bridgehead atoms. The fraction of sp³-hybridized carbons (Fsp3) is 0.273. The van der Waals surface area contributed by atoms with Crippen molar-refractivity contribution in [2.24, 2.45) is 5.16 Å². The molecule has 1 fully saturated rings. The normalized spacial score (nSPS) is 15.8. The van der Waals surface area contributed by atoms with Crippen molar-refractivity contribution in [1.82, 2.24) is 14.3 Å². The van der Waals surface area contributed by atoms with Crippen LogP contribution in [0.25, 0.3) is 27.9 Å². The number of aromatic nitrogens is 2. The Hall–Kier alpha value is -3.36. The van der Waals surface area contributed by atoms with Gasteiger partial charge in [0.2, 0.25) is 0 Å². The minimum atomic E-state index is 0.420. The number of benzene rings is 1. The molecule has 0 radical (unpaired) electrons. The maximum absolute atomic E-state index is 9.51. The molecule has 0 unspecified atom stereocenters. The first-order valence-corrected chi connectivity index (χ1v) is 9.92. The average Bonchev–Trinajstić information content (AvgIpc) is 3.27. The molecule has 30 heavy (non-hydrogen) atoms. The molecule has 0 atom stereocenters. The lowest BCUT2D eigenvalue weighted by Gasteiger charge is -2.26. The molecular weight excluding hydrogens is 384 g/mol. The smallest absolute Gasteiger partial charge is 0.155 e. The molecule has 4 aromatic rings. The lowest BCUT2D eigenvalue weighted by molar-refractivity contribution is 0.0322. The van der Waals surface area contributed by atoms with Gasteiger partial charge in [-0.05, 0) is 30.3 Å². The van der Waals surface area contributed by atoms with Crippen molar-refractivity contribution in [3.8, 4) is 17.2 Å². The number of ether oxygens (including phenoxy) is 2. The molecule has 0 aliphatic carbocycles. The highest BCUT2D eigenvalue weighted by Gasteiger charge is 2.12. The first-order chi connectivity index (χ1) is 14.8. The lowest BCUT2D eigenvalue weighted by atomic mass is 10.2. The predicted octanol–water partition coefficient (Wildman–Crippen LogP) is 2.75. The second-order valence-corrected chi connectivity index (χ2v) is 7.17. The standard InChI is InChI=1S/C22H22N4O4/c27-24-19-14-22(20-12-16-2-1-5-26(16)15-23-20)30-21-13-17(3-4-18(19)21)29-11-8-25-6-9-28-10-7-25/h1-5,12-15,27H,6-11H2. The van der Waals surface area contributed by atoms with Crippen molar-refractivity contribution in [3.05, 3.63) is 60.3 Å². The largest absolute Gasteiger partial charge is 0.492 e. The zero-order valence-corrected chi connectivity index (χ0v) is 16.4. The summed E-state index contributed by atoms with van der Waals surface area (Å²) in [5, 5.41) is 14.1. The summed E-state index contributed by atoms with van der Waals surface area (Å²) in [5.41, 5.74) is 2.23. The van der Waals surface area contributed by atoms with Crippen LogP contribution in [0.2, 0.25) is 0 Å². The summed E-state index contributed by atoms with van der Waals surface area (Å²) < 4.78 is 19.3. The zero-order chi connectivity index (χ0) is 20.3. The number of rotatable bonds is 5. The Labute approximate surface area is 172 Å². The third kappa shape index (κ3) is 3.74. The van der Waals surface area contributed by atoms with Crippen LogP contribution in [0, 0.1) is 0 Å². The van der Waals surface area contributed by atoms with Crippen LogP contribution >= 0.6 is 0 Å². The first-order valence-electron chi connectivity index (χ1n) is 9.92. The molecule has 3 aromatic heterocycles. The molecule has 8 heteroatoms. The van der Waals surface area contributed by atoms with Gasteiger partial charge in [-0.2, -0.15) is 0 Å². The van der Waals surface area contributed by atoms with Crippen molar-refractivity contribution < 1.29 is 19.1 Å². The minimum Gasteiger partial charge on any atom is -0.492 e. The van der Waals surface area contributed by atoms with Crippen LogP contribution in [0.4, 0.5) is 0 Å². The molecule has 1 aromatic carbocycles. The van der Waals surface area contributed by atoms with Crippen LogP contribution in [0.3, 0.4) is 0 Å². The quantitative estimate of drug-likeness (QED) is 0.405. The second-order valence-electron chi connectivity index (χ2n) is 7.17. The van der Waals surface area contributed by atoms with Gasteiger partial charge in [-0.25, -0.2) is 4.98 Å². The predicted molar refractivity (Wildman–Crippen MR) is 111 cm³/mol. The average molecular weight is 406 g/mol. The maximum Gasteiger partial charge on any atom is 0.155 e. The molecule has 0 saturated carbocycles. The summed E-state index contributed by atoms with van der Waals surface area (Å²) in [4.78, 5) is 6.77. The highest BCUT2D eigenvalue weighted by Crippen LogP contribution is 2.25. The molecule has 0 spiro atoms. The third-order valence-electron chi connectivity index (χ3n) is 5.27. The Morgan fingerprint density at radius 3 is 2.90 bits per heavy atom. The van der Waals surface area contributed by atoms with Crippen molar-refractivity contribution in [2.45, 2.75) is 0 Å². The van der Waals surface area contributed by atoms with Gasteiger partial charge in [0, 0.05) is 48.9 Å². The van der Waals surface area contributed by atoms with Crippen molar-refractivity contribution in [3.63, 3.8) is 0 Å². The highest BCUT2D eigenvalue weighted by molar-refractivity contribution is 5.79. The Balaban J connectivity index is 1.43. The van der Waals surface area contributed by atoms with Gasteiger partial charge in [-0.15, -0.1) is 0 Å². The number of nitrogens with zero attached hydrogens (tertiary/aromatic N) is 4. The van der Waals surface area contributed by atoms with Crippen molar-refractivity contribution in [1.29, 1.82) is 0 Å². The van der Waals surface area contributed by atoms with Crippen LogP contribution in [0.1, 0.15) is 0 Å². The van der Waals surface area contributed by atoms with Crippen LogP contribution < -0.4 is 10.1 Å². The van der Waals surface area contributed by atoms with Crippen LogP contribution in [0.15, 0.2) is 64.6 Å². The number of hydrogen-bond donors (Lipinski definition) is 1. The molecule has 4 heterocycles. The second kappa shape index (κ2) is 8.17. The van der Waals surface area contributed by atoms with Crippen LogP contribution in [-0.2, 0) is 4.74 Å². The van der Waals surface area contributed by atoms with Gasteiger partial charge >= 0.3 is 0 Å². The van der Waals surface area contributed by atoms with E-state index in [1.165, 1.54) is 0 Å². The summed E-state index contributed by atoms with van der Waals surface area (Å²) in [7, 11) is 0. The number of morpholine rings is 1. The molecule has 154 valence electrons. The summed E-state index contributed by atoms with van der Waals surface area (Å²) in [6.07, 6.45) is 3.66. The highest BCUT2D eigenvalue weighted by atomic mass is 16.5. The molecule has 1 aliphatic rings. The SMILES string of the molecule is ON=c1cc(-c2cc3cccn3cn2)oc2cc(OCCN3CCOCC3)ccc12. The Morgan fingerprint density at radius 1 is 1.13 bits per heavy atom. The van der Waals surface area contributed by atoms with Crippen LogP contribution in [-0.4, -0.2) is 58.9 Å². The topological polar surface area (TPSA) is 84.7 Å². The summed E-state index contributed by atoms with van der Waals surface area (Å²) in [5.74, 6) is 1.22. The van der Waals surface area contributed by atoms with E-state index in [-0.39, 0.29) is 0 Å². The fourth-order valence-corrected chi connectivity index (χ4v) is 3.64. The molecule has 1 aliphatic heterocycles. The van der Waals surface area contributed by atoms with Crippen LogP contribution in [0.5, 0.6) is 5.75 Å². The summed E-state index contributed by atoms with van der Waals surface area (Å²) >= 11 is 0. The monoisotopic (exact) mass is 406 g/mol. The zero-order valence-electron chi connectivity index (χ0n) is 16.4. The van der Waals surface area contributed by atoms with E-state index in [9.17, 15) is 5.21 Å². The molecule has 5 rings (SSSR count). The Bertz CT molecular complexity index is 1240. The van der Waals surface area contributed by atoms with E-state index in [1.54, 1.807) is 12.4 Å². The van der Waals surface area contributed by atoms with Crippen molar-refractivity contribution in [2.75, 3.05) is 39.5 Å². The van der Waals surface area contributed by atoms with Gasteiger partial charge in [-0.3, -0.25) is 4.90 Å². The van der Waals surface area contributed by atoms with Gasteiger partial charge in [0.15, 0.2) is 5.76 Å². The maximum atomic E-state index is 9.51. The van der Waals surface area contributed by atoms with Gasteiger partial charge in [0.1, 0.15) is 29.0 Å². The molecule has 0 amide bonds. The van der Waals surface area contributed by atoms with E-state index in [1.807, 2.05) is 47.0 Å². The molecular formula is C22H22N4O4. The Kier molecular flexibility index (Phi) is 5.08. The molecule has 1 N–H and O–H groups in total. The summed E-state index contributed by atoms with van der Waals surface area (Å²) in [6, 6.07) is 13.1. The first kappa shape index (κ1) is 18.7. The van der Waals surface area contributed by atoms with Gasteiger partial charge < -0.3 is 23.5 Å². The van der Waals surface area contributed by atoms with E-state index < -0.39 is 0 Å².